The molecule has 0 aromatic heterocycles. The average molecular weight is 505 g/mol. The van der Waals surface area contributed by atoms with Gasteiger partial charge in [0.05, 0.1) is 0 Å². The fraction of sp³-hybridized carbons (Fsp3) is 0.121. The van der Waals surface area contributed by atoms with Crippen LogP contribution in [0.25, 0.3) is 21.5 Å². The van der Waals surface area contributed by atoms with E-state index in [1.807, 2.05) is 103 Å². The molecule has 5 aromatic rings. The van der Waals surface area contributed by atoms with Crippen LogP contribution in [0.15, 0.2) is 121 Å². The van der Waals surface area contributed by atoms with Crippen molar-refractivity contribution >= 4 is 27.5 Å². The Labute approximate surface area is 221 Å². The predicted molar refractivity (Wildman–Crippen MR) is 150 cm³/mol. The van der Waals surface area contributed by atoms with Crippen LogP contribution < -0.4 is 14.2 Å². The van der Waals surface area contributed by atoms with Crippen LogP contribution in [0.3, 0.4) is 0 Å². The summed E-state index contributed by atoms with van der Waals surface area (Å²) in [6.07, 6.45) is -0.655. The molecule has 1 atom stereocenters. The van der Waals surface area contributed by atoms with E-state index in [2.05, 4.69) is 12.6 Å². The number of hydrogen-bond acceptors (Lipinski definition) is 5. The molecule has 5 aromatic carbocycles. The van der Waals surface area contributed by atoms with Gasteiger partial charge in [0, 0.05) is 16.3 Å². The summed E-state index contributed by atoms with van der Waals surface area (Å²) in [6.45, 7) is 5.55. The van der Waals surface area contributed by atoms with E-state index >= 15 is 0 Å². The van der Waals surface area contributed by atoms with Crippen molar-refractivity contribution in [2.45, 2.75) is 13.0 Å². The van der Waals surface area contributed by atoms with E-state index in [4.69, 9.17) is 18.9 Å². The molecule has 0 aliphatic carbocycles. The van der Waals surface area contributed by atoms with E-state index in [9.17, 15) is 4.79 Å². The fourth-order valence-electron chi connectivity index (χ4n) is 4.09. The third kappa shape index (κ3) is 5.95. The van der Waals surface area contributed by atoms with Crippen molar-refractivity contribution in [3.05, 3.63) is 121 Å². The second-order valence-corrected chi connectivity index (χ2v) is 8.97. The maximum absolute atomic E-state index is 12.4. The van der Waals surface area contributed by atoms with E-state index in [0.717, 1.165) is 27.3 Å². The summed E-state index contributed by atoms with van der Waals surface area (Å²) >= 11 is 0. The van der Waals surface area contributed by atoms with Gasteiger partial charge in [0.1, 0.15) is 36.2 Å². The fourth-order valence-corrected chi connectivity index (χ4v) is 4.09. The number of benzene rings is 5. The minimum atomic E-state index is -0.655. The first-order valence-electron chi connectivity index (χ1n) is 12.4. The molecular weight excluding hydrogens is 476 g/mol. The van der Waals surface area contributed by atoms with Gasteiger partial charge in [0.15, 0.2) is 6.10 Å². The highest BCUT2D eigenvalue weighted by molar-refractivity contribution is 6.05. The third-order valence-electron chi connectivity index (χ3n) is 5.98. The van der Waals surface area contributed by atoms with Gasteiger partial charge in [-0.2, -0.15) is 0 Å². The largest absolute Gasteiger partial charge is 0.490 e. The Bertz CT molecular complexity index is 1560. The second-order valence-electron chi connectivity index (χ2n) is 8.97. The first-order chi connectivity index (χ1) is 18.6. The Hall–Kier alpha value is -4.77. The molecule has 0 spiro atoms. The van der Waals surface area contributed by atoms with Gasteiger partial charge in [-0.25, -0.2) is 4.79 Å². The van der Waals surface area contributed by atoms with Crippen LogP contribution >= 0.6 is 0 Å². The lowest BCUT2D eigenvalue weighted by Crippen LogP contribution is -2.31. The summed E-state index contributed by atoms with van der Waals surface area (Å²) in [5.41, 5.74) is 0.313. The highest BCUT2D eigenvalue weighted by Crippen LogP contribution is 2.37. The molecule has 0 heterocycles. The molecule has 0 saturated carbocycles. The lowest BCUT2D eigenvalue weighted by atomic mass is 10.0. The molecule has 1 unspecified atom stereocenters. The molecule has 190 valence electrons. The van der Waals surface area contributed by atoms with Crippen molar-refractivity contribution in [1.29, 1.82) is 0 Å². The van der Waals surface area contributed by atoms with E-state index < -0.39 is 12.1 Å². The molecule has 0 saturated heterocycles. The Morgan fingerprint density at radius 2 is 1.32 bits per heavy atom. The first kappa shape index (κ1) is 24.9. The zero-order chi connectivity index (χ0) is 26.3. The van der Waals surface area contributed by atoms with Crippen molar-refractivity contribution in [3.63, 3.8) is 0 Å². The standard InChI is InChI=1S/C33H28O5/c1-23(2)33(34)38-29(21-35-26-12-5-3-6-13-26)22-36-32-30-16-10-9-11-24(30)19-25-17-18-28(20-31(25)32)37-27-14-7-4-8-15-27/h3-20,29H,1,21-22H2,2H3. The molecule has 0 amide bonds. The van der Waals surface area contributed by atoms with E-state index in [0.29, 0.717) is 22.8 Å². The lowest BCUT2D eigenvalue weighted by molar-refractivity contribution is -0.147. The number of carbonyl (C=O) groups excluding carboxylic acids is 1. The van der Waals surface area contributed by atoms with Gasteiger partial charge in [-0.15, -0.1) is 0 Å². The van der Waals surface area contributed by atoms with Crippen molar-refractivity contribution in [2.24, 2.45) is 0 Å². The molecule has 5 nitrogen and oxygen atoms in total. The number of hydrogen-bond donors (Lipinski definition) is 0. The van der Waals surface area contributed by atoms with Crippen molar-refractivity contribution in [3.8, 4) is 23.0 Å². The molecule has 0 aliphatic rings. The zero-order valence-corrected chi connectivity index (χ0v) is 21.1. The van der Waals surface area contributed by atoms with Gasteiger partial charge >= 0.3 is 5.97 Å². The summed E-state index contributed by atoms with van der Waals surface area (Å²) in [4.78, 5) is 12.4. The van der Waals surface area contributed by atoms with Crippen LogP contribution in [0, 0.1) is 0 Å². The van der Waals surface area contributed by atoms with E-state index in [-0.39, 0.29) is 13.2 Å². The monoisotopic (exact) mass is 504 g/mol. The number of carbonyl (C=O) groups is 1. The molecular formula is C33H28O5. The predicted octanol–water partition coefficient (Wildman–Crippen LogP) is 7.73. The molecule has 38 heavy (non-hydrogen) atoms. The summed E-state index contributed by atoms with van der Waals surface area (Å²) in [7, 11) is 0. The number of para-hydroxylation sites is 2. The normalized spacial score (nSPS) is 11.6. The molecule has 0 radical (unpaired) electrons. The number of rotatable bonds is 10. The van der Waals surface area contributed by atoms with Crippen LogP contribution in [0.5, 0.6) is 23.0 Å². The van der Waals surface area contributed by atoms with Gasteiger partial charge in [-0.05, 0) is 60.2 Å². The maximum atomic E-state index is 12.4. The second kappa shape index (κ2) is 11.5. The van der Waals surface area contributed by atoms with Crippen LogP contribution in [0.2, 0.25) is 0 Å². The maximum Gasteiger partial charge on any atom is 0.333 e. The van der Waals surface area contributed by atoms with Crippen LogP contribution in [-0.2, 0) is 9.53 Å². The molecule has 0 aliphatic heterocycles. The van der Waals surface area contributed by atoms with Gasteiger partial charge in [0.2, 0.25) is 0 Å². The van der Waals surface area contributed by atoms with Crippen LogP contribution in [0.1, 0.15) is 6.92 Å². The minimum absolute atomic E-state index is 0.0960. The summed E-state index contributed by atoms with van der Waals surface area (Å²) in [5, 5.41) is 3.90. The zero-order valence-electron chi connectivity index (χ0n) is 21.1. The lowest BCUT2D eigenvalue weighted by Gasteiger charge is -2.21. The van der Waals surface area contributed by atoms with E-state index in [1.165, 1.54) is 0 Å². The Kier molecular flexibility index (Phi) is 7.55. The number of fused-ring (bicyclic) bond motifs is 2. The SMILES string of the molecule is C=C(C)C(=O)OC(COc1ccccc1)COc1c2ccccc2cc2ccc(Oc3ccccc3)cc12. The Morgan fingerprint density at radius 3 is 2.05 bits per heavy atom. The van der Waals surface area contributed by atoms with Gasteiger partial charge in [0.25, 0.3) is 0 Å². The van der Waals surface area contributed by atoms with Crippen molar-refractivity contribution < 1.29 is 23.7 Å². The number of ether oxygens (including phenoxy) is 4. The van der Waals surface area contributed by atoms with Gasteiger partial charge < -0.3 is 18.9 Å². The van der Waals surface area contributed by atoms with Crippen molar-refractivity contribution in [1.82, 2.24) is 0 Å². The highest BCUT2D eigenvalue weighted by atomic mass is 16.6. The highest BCUT2D eigenvalue weighted by Gasteiger charge is 2.19. The molecule has 5 rings (SSSR count). The first-order valence-corrected chi connectivity index (χ1v) is 12.4. The summed E-state index contributed by atoms with van der Waals surface area (Å²) in [6, 6.07) is 35.1. The molecule has 5 heteroatoms. The Balaban J connectivity index is 1.46. The quantitative estimate of drug-likeness (QED) is 0.111. The smallest absolute Gasteiger partial charge is 0.333 e. The van der Waals surface area contributed by atoms with Crippen LogP contribution in [0.4, 0.5) is 0 Å². The molecule has 0 fully saturated rings. The topological polar surface area (TPSA) is 54.0 Å². The van der Waals surface area contributed by atoms with Crippen molar-refractivity contribution in [2.75, 3.05) is 13.2 Å². The van der Waals surface area contributed by atoms with Crippen LogP contribution in [-0.4, -0.2) is 25.3 Å². The third-order valence-corrected chi connectivity index (χ3v) is 5.98. The summed E-state index contributed by atoms with van der Waals surface area (Å²) in [5.74, 6) is 2.33. The van der Waals surface area contributed by atoms with E-state index in [1.54, 1.807) is 6.92 Å². The Morgan fingerprint density at radius 1 is 0.684 bits per heavy atom. The van der Waals surface area contributed by atoms with Gasteiger partial charge in [-0.3, -0.25) is 0 Å². The summed E-state index contributed by atoms with van der Waals surface area (Å²) < 4.78 is 24.1. The van der Waals surface area contributed by atoms with Gasteiger partial charge in [-0.1, -0.05) is 73.3 Å². The minimum Gasteiger partial charge on any atom is -0.490 e. The number of esters is 1. The average Bonchev–Trinajstić information content (AvgIpc) is 2.95. The molecule has 0 N–H and O–H groups in total. The molecule has 0 bridgehead atoms.